The molecule has 17 heavy (non-hydrogen) atoms. The van der Waals surface area contributed by atoms with Crippen molar-refractivity contribution in [3.05, 3.63) is 48.1 Å². The Labute approximate surface area is 102 Å². The minimum absolute atomic E-state index is 0.289. The van der Waals surface area contributed by atoms with Gasteiger partial charge in [-0.05, 0) is 30.7 Å². The number of allylic oxidation sites excluding steroid dienone is 1. The summed E-state index contributed by atoms with van der Waals surface area (Å²) in [6.45, 7) is 2.07. The van der Waals surface area contributed by atoms with Crippen LogP contribution in [0.5, 0.6) is 0 Å². The van der Waals surface area contributed by atoms with Crippen molar-refractivity contribution in [3.63, 3.8) is 0 Å². The Kier molecular flexibility index (Phi) is 5.58. The van der Waals surface area contributed by atoms with E-state index in [2.05, 4.69) is 5.32 Å². The van der Waals surface area contributed by atoms with Crippen molar-refractivity contribution < 1.29 is 9.53 Å². The number of ether oxygens (including phenoxy) is 1. The van der Waals surface area contributed by atoms with Gasteiger partial charge in [0.1, 0.15) is 6.61 Å². The van der Waals surface area contributed by atoms with Crippen LogP contribution in [0.25, 0.3) is 6.08 Å². The first-order chi connectivity index (χ1) is 8.26. The zero-order valence-corrected chi connectivity index (χ0v) is 10.1. The van der Waals surface area contributed by atoms with Crippen LogP contribution < -0.4 is 5.32 Å². The summed E-state index contributed by atoms with van der Waals surface area (Å²) in [5.74, 6) is -0.317. The van der Waals surface area contributed by atoms with Gasteiger partial charge in [-0.2, -0.15) is 0 Å². The van der Waals surface area contributed by atoms with Crippen molar-refractivity contribution >= 4 is 17.7 Å². The van der Waals surface area contributed by atoms with Crippen LogP contribution in [0.2, 0.25) is 0 Å². The molecule has 0 saturated carbocycles. The third kappa shape index (κ3) is 5.02. The highest BCUT2D eigenvalue weighted by Crippen LogP contribution is 2.09. The maximum atomic E-state index is 11.0. The number of benzene rings is 1. The van der Waals surface area contributed by atoms with E-state index in [9.17, 15) is 4.79 Å². The average molecular weight is 231 g/mol. The number of hydrogen-bond donors (Lipinski definition) is 1. The molecule has 0 aromatic heterocycles. The molecule has 1 aromatic rings. The van der Waals surface area contributed by atoms with Gasteiger partial charge in [0.15, 0.2) is 0 Å². The lowest BCUT2D eigenvalue weighted by Gasteiger charge is -1.99. The van der Waals surface area contributed by atoms with Gasteiger partial charge in [0.05, 0.1) is 0 Å². The first-order valence-electron chi connectivity index (χ1n) is 5.50. The molecule has 1 rings (SSSR count). The monoisotopic (exact) mass is 231 g/mol. The van der Waals surface area contributed by atoms with E-state index >= 15 is 0 Å². The van der Waals surface area contributed by atoms with Crippen molar-refractivity contribution in [2.75, 3.05) is 19.0 Å². The predicted octanol–water partition coefficient (Wildman–Crippen LogP) is 2.86. The summed E-state index contributed by atoms with van der Waals surface area (Å²) in [5, 5.41) is 3.05. The molecule has 0 unspecified atom stereocenters. The van der Waals surface area contributed by atoms with Crippen molar-refractivity contribution in [1.82, 2.24) is 0 Å². The summed E-state index contributed by atoms with van der Waals surface area (Å²) < 4.78 is 4.92. The first kappa shape index (κ1) is 13.0. The minimum Gasteiger partial charge on any atom is -0.458 e. The molecule has 90 valence electrons. The number of esters is 1. The van der Waals surface area contributed by atoms with Crippen LogP contribution in [-0.2, 0) is 9.53 Å². The van der Waals surface area contributed by atoms with Crippen LogP contribution in [-0.4, -0.2) is 19.6 Å². The molecular weight excluding hydrogens is 214 g/mol. The van der Waals surface area contributed by atoms with Crippen LogP contribution >= 0.6 is 0 Å². The second-order valence-corrected chi connectivity index (χ2v) is 3.40. The maximum absolute atomic E-state index is 11.0. The largest absolute Gasteiger partial charge is 0.458 e. The summed E-state index contributed by atoms with van der Waals surface area (Å²) in [7, 11) is 1.88. The highest BCUT2D eigenvalue weighted by Gasteiger charge is 1.92. The fourth-order valence-electron chi connectivity index (χ4n) is 1.26. The molecule has 0 amide bonds. The van der Waals surface area contributed by atoms with Crippen molar-refractivity contribution in [2.24, 2.45) is 0 Å². The molecule has 0 aliphatic rings. The summed E-state index contributed by atoms with van der Waals surface area (Å²) in [6.07, 6.45) is 6.79. The third-order valence-corrected chi connectivity index (χ3v) is 2.13. The quantitative estimate of drug-likeness (QED) is 0.625. The topological polar surface area (TPSA) is 38.3 Å². The maximum Gasteiger partial charge on any atom is 0.330 e. The number of anilines is 1. The summed E-state index contributed by atoms with van der Waals surface area (Å²) in [5.41, 5.74) is 2.15. The molecule has 0 bridgehead atoms. The number of carbonyl (C=O) groups excluding carboxylic acids is 1. The van der Waals surface area contributed by atoms with E-state index in [0.29, 0.717) is 0 Å². The first-order valence-corrected chi connectivity index (χ1v) is 5.50. The van der Waals surface area contributed by atoms with E-state index in [1.165, 1.54) is 6.08 Å². The molecular formula is C14H17NO2. The molecule has 0 heterocycles. The van der Waals surface area contributed by atoms with Gasteiger partial charge in [-0.15, -0.1) is 0 Å². The Balaban J connectivity index is 2.40. The van der Waals surface area contributed by atoms with Gasteiger partial charge >= 0.3 is 5.97 Å². The molecule has 0 spiro atoms. The van der Waals surface area contributed by atoms with Crippen LogP contribution in [0.15, 0.2) is 42.5 Å². The number of carbonyl (C=O) groups is 1. The SMILES string of the molecule is C/C=C\C(=O)OC/C=C/c1ccc(NC)cc1. The molecule has 0 saturated heterocycles. The fourth-order valence-corrected chi connectivity index (χ4v) is 1.26. The van der Waals surface area contributed by atoms with E-state index < -0.39 is 0 Å². The van der Waals surface area contributed by atoms with E-state index in [4.69, 9.17) is 4.74 Å². The van der Waals surface area contributed by atoms with E-state index in [1.54, 1.807) is 13.0 Å². The van der Waals surface area contributed by atoms with Gasteiger partial charge in [-0.1, -0.05) is 24.3 Å². The average Bonchev–Trinajstić information content (AvgIpc) is 2.36. The van der Waals surface area contributed by atoms with E-state index in [1.807, 2.05) is 43.5 Å². The number of rotatable bonds is 5. The Morgan fingerprint density at radius 1 is 1.35 bits per heavy atom. The Hall–Kier alpha value is -2.03. The lowest BCUT2D eigenvalue weighted by Crippen LogP contribution is -1.99. The fraction of sp³-hybridized carbons (Fsp3) is 0.214. The highest BCUT2D eigenvalue weighted by atomic mass is 16.5. The predicted molar refractivity (Wildman–Crippen MR) is 70.8 cm³/mol. The van der Waals surface area contributed by atoms with Gasteiger partial charge in [-0.3, -0.25) is 0 Å². The van der Waals surface area contributed by atoms with Gasteiger partial charge < -0.3 is 10.1 Å². The van der Waals surface area contributed by atoms with Gasteiger partial charge in [0, 0.05) is 18.8 Å². The Bertz CT molecular complexity index is 405. The highest BCUT2D eigenvalue weighted by molar-refractivity contribution is 5.81. The second-order valence-electron chi connectivity index (χ2n) is 3.40. The summed E-state index contributed by atoms with van der Waals surface area (Å²) in [6, 6.07) is 7.98. The lowest BCUT2D eigenvalue weighted by atomic mass is 10.2. The normalized spacial score (nSPS) is 10.9. The molecule has 0 fully saturated rings. The Morgan fingerprint density at radius 3 is 2.65 bits per heavy atom. The van der Waals surface area contributed by atoms with Crippen molar-refractivity contribution in [1.29, 1.82) is 0 Å². The number of nitrogens with one attached hydrogen (secondary N) is 1. The van der Waals surface area contributed by atoms with Gasteiger partial charge in [0.2, 0.25) is 0 Å². The Morgan fingerprint density at radius 2 is 2.06 bits per heavy atom. The molecule has 3 nitrogen and oxygen atoms in total. The zero-order valence-electron chi connectivity index (χ0n) is 10.1. The molecule has 0 atom stereocenters. The minimum atomic E-state index is -0.317. The molecule has 0 aliphatic heterocycles. The lowest BCUT2D eigenvalue weighted by molar-refractivity contribution is -0.136. The van der Waals surface area contributed by atoms with E-state index in [0.717, 1.165) is 11.3 Å². The summed E-state index contributed by atoms with van der Waals surface area (Å²) >= 11 is 0. The third-order valence-electron chi connectivity index (χ3n) is 2.13. The molecule has 0 aliphatic carbocycles. The van der Waals surface area contributed by atoms with Crippen LogP contribution in [0, 0.1) is 0 Å². The molecule has 1 aromatic carbocycles. The standard InChI is InChI=1S/C14H17NO2/c1-3-5-14(16)17-11-4-6-12-7-9-13(15-2)10-8-12/h3-10,15H,11H2,1-2H3/b5-3-,6-4+. The van der Waals surface area contributed by atoms with Crippen LogP contribution in [0.1, 0.15) is 12.5 Å². The van der Waals surface area contributed by atoms with Gasteiger partial charge in [-0.25, -0.2) is 4.79 Å². The van der Waals surface area contributed by atoms with Gasteiger partial charge in [0.25, 0.3) is 0 Å². The van der Waals surface area contributed by atoms with Crippen LogP contribution in [0.3, 0.4) is 0 Å². The van der Waals surface area contributed by atoms with Crippen LogP contribution in [0.4, 0.5) is 5.69 Å². The molecule has 0 radical (unpaired) electrons. The summed E-state index contributed by atoms with van der Waals surface area (Å²) in [4.78, 5) is 11.0. The number of hydrogen-bond acceptors (Lipinski definition) is 3. The molecule has 1 N–H and O–H groups in total. The van der Waals surface area contributed by atoms with Crippen molar-refractivity contribution in [3.8, 4) is 0 Å². The van der Waals surface area contributed by atoms with Crippen molar-refractivity contribution in [2.45, 2.75) is 6.92 Å². The second kappa shape index (κ2) is 7.28. The smallest absolute Gasteiger partial charge is 0.330 e. The molecule has 3 heteroatoms. The zero-order chi connectivity index (χ0) is 12.5. The van der Waals surface area contributed by atoms with E-state index in [-0.39, 0.29) is 12.6 Å².